The van der Waals surface area contributed by atoms with Gasteiger partial charge in [0.05, 0.1) is 12.7 Å². The number of ether oxygens (including phenoxy) is 1. The summed E-state index contributed by atoms with van der Waals surface area (Å²) in [5.41, 5.74) is 0.759. The van der Waals surface area contributed by atoms with E-state index in [1.54, 1.807) is 19.1 Å². The Kier molecular flexibility index (Phi) is 5.70. The average molecular weight is 298 g/mol. The molecule has 20 heavy (non-hydrogen) atoms. The first-order valence-electron chi connectivity index (χ1n) is 7.38. The van der Waals surface area contributed by atoms with Crippen molar-refractivity contribution in [2.75, 3.05) is 20.2 Å². The lowest BCUT2D eigenvalue weighted by molar-refractivity contribution is 0.149. The molecule has 1 unspecified atom stereocenters. The summed E-state index contributed by atoms with van der Waals surface area (Å²) >= 11 is 5.96. The SMILES string of the molecule is C[C@@H](O)c1cc(Cl)ccc1OCCC1CCCCN1C. The maximum absolute atomic E-state index is 9.77. The second kappa shape index (κ2) is 7.30. The van der Waals surface area contributed by atoms with Crippen LogP contribution in [0, 0.1) is 0 Å². The number of likely N-dealkylation sites (tertiary alicyclic amines) is 1. The minimum atomic E-state index is -0.568. The molecule has 1 heterocycles. The molecule has 1 aliphatic heterocycles. The fraction of sp³-hybridized carbons (Fsp3) is 0.625. The molecule has 1 aromatic carbocycles. The van der Waals surface area contributed by atoms with E-state index in [1.165, 1.54) is 25.8 Å². The molecule has 0 radical (unpaired) electrons. The van der Waals surface area contributed by atoms with Gasteiger partial charge in [0.15, 0.2) is 0 Å². The Hall–Kier alpha value is -0.770. The molecule has 0 aromatic heterocycles. The zero-order valence-corrected chi connectivity index (χ0v) is 13.1. The minimum Gasteiger partial charge on any atom is -0.493 e. The molecule has 112 valence electrons. The summed E-state index contributed by atoms with van der Waals surface area (Å²) in [6.45, 7) is 3.59. The molecule has 1 saturated heterocycles. The van der Waals surface area contributed by atoms with E-state index in [1.807, 2.05) is 6.07 Å². The van der Waals surface area contributed by atoms with Crippen molar-refractivity contribution in [2.24, 2.45) is 0 Å². The molecule has 3 nitrogen and oxygen atoms in total. The fourth-order valence-electron chi connectivity index (χ4n) is 2.79. The molecular formula is C16H24ClNO2. The van der Waals surface area contributed by atoms with Crippen LogP contribution >= 0.6 is 11.6 Å². The van der Waals surface area contributed by atoms with E-state index >= 15 is 0 Å². The predicted molar refractivity (Wildman–Crippen MR) is 82.5 cm³/mol. The van der Waals surface area contributed by atoms with Crippen LogP contribution in [0.4, 0.5) is 0 Å². The average Bonchev–Trinajstić information content (AvgIpc) is 2.42. The highest BCUT2D eigenvalue weighted by Crippen LogP contribution is 2.28. The quantitative estimate of drug-likeness (QED) is 0.900. The molecule has 2 rings (SSSR count). The van der Waals surface area contributed by atoms with Crippen LogP contribution in [0.2, 0.25) is 5.02 Å². The lowest BCUT2D eigenvalue weighted by atomic mass is 10.0. The number of hydrogen-bond acceptors (Lipinski definition) is 3. The molecule has 0 spiro atoms. The van der Waals surface area contributed by atoms with Crippen molar-refractivity contribution in [3.8, 4) is 5.75 Å². The number of aliphatic hydroxyl groups is 1. The van der Waals surface area contributed by atoms with E-state index in [9.17, 15) is 5.11 Å². The van der Waals surface area contributed by atoms with E-state index in [4.69, 9.17) is 16.3 Å². The van der Waals surface area contributed by atoms with Crippen LogP contribution in [0.1, 0.15) is 44.3 Å². The molecule has 1 fully saturated rings. The van der Waals surface area contributed by atoms with Gasteiger partial charge in [-0.25, -0.2) is 0 Å². The number of halogens is 1. The number of rotatable bonds is 5. The third-order valence-corrected chi connectivity index (χ3v) is 4.29. The maximum Gasteiger partial charge on any atom is 0.125 e. The topological polar surface area (TPSA) is 32.7 Å². The first-order valence-corrected chi connectivity index (χ1v) is 7.76. The van der Waals surface area contributed by atoms with Gasteiger partial charge in [-0.3, -0.25) is 0 Å². The van der Waals surface area contributed by atoms with Crippen molar-refractivity contribution >= 4 is 11.6 Å². The van der Waals surface area contributed by atoms with Crippen molar-refractivity contribution in [1.82, 2.24) is 4.90 Å². The Labute approximate surface area is 126 Å². The van der Waals surface area contributed by atoms with Gasteiger partial charge in [0.2, 0.25) is 0 Å². The maximum atomic E-state index is 9.77. The molecule has 0 aliphatic carbocycles. The van der Waals surface area contributed by atoms with Crippen molar-refractivity contribution in [2.45, 2.75) is 44.8 Å². The van der Waals surface area contributed by atoms with Crippen LogP contribution < -0.4 is 4.74 Å². The minimum absolute atomic E-state index is 0.568. The van der Waals surface area contributed by atoms with Gasteiger partial charge >= 0.3 is 0 Å². The van der Waals surface area contributed by atoms with Crippen LogP contribution in [-0.2, 0) is 0 Å². The molecule has 2 atom stereocenters. The van der Waals surface area contributed by atoms with E-state index in [-0.39, 0.29) is 0 Å². The molecule has 1 aromatic rings. The second-order valence-electron chi connectivity index (χ2n) is 5.63. The Morgan fingerprint density at radius 2 is 2.25 bits per heavy atom. The lowest BCUT2D eigenvalue weighted by Crippen LogP contribution is -2.37. The molecule has 1 N–H and O–H groups in total. The monoisotopic (exact) mass is 297 g/mol. The van der Waals surface area contributed by atoms with Crippen LogP contribution in [0.15, 0.2) is 18.2 Å². The summed E-state index contributed by atoms with van der Waals surface area (Å²) in [7, 11) is 2.19. The highest BCUT2D eigenvalue weighted by molar-refractivity contribution is 6.30. The van der Waals surface area contributed by atoms with Crippen molar-refractivity contribution in [1.29, 1.82) is 0 Å². The van der Waals surface area contributed by atoms with E-state index < -0.39 is 6.10 Å². The largest absolute Gasteiger partial charge is 0.493 e. The number of benzene rings is 1. The Morgan fingerprint density at radius 1 is 1.45 bits per heavy atom. The summed E-state index contributed by atoms with van der Waals surface area (Å²) in [5.74, 6) is 0.739. The van der Waals surface area contributed by atoms with Crippen LogP contribution in [-0.4, -0.2) is 36.2 Å². The predicted octanol–water partition coefficient (Wildman–Crippen LogP) is 3.65. The first-order chi connectivity index (χ1) is 9.58. The van der Waals surface area contributed by atoms with Crippen molar-refractivity contribution in [3.63, 3.8) is 0 Å². The Bertz CT molecular complexity index is 436. The lowest BCUT2D eigenvalue weighted by Gasteiger charge is -2.32. The molecular weight excluding hydrogens is 274 g/mol. The molecule has 0 amide bonds. The van der Waals surface area contributed by atoms with Crippen LogP contribution in [0.25, 0.3) is 0 Å². The van der Waals surface area contributed by atoms with Gasteiger partial charge in [-0.15, -0.1) is 0 Å². The molecule has 1 aliphatic rings. The third kappa shape index (κ3) is 4.11. The molecule has 4 heteroatoms. The van der Waals surface area contributed by atoms with E-state index in [0.717, 1.165) is 17.7 Å². The van der Waals surface area contributed by atoms with Crippen molar-refractivity contribution in [3.05, 3.63) is 28.8 Å². The number of aliphatic hydroxyl groups excluding tert-OH is 1. The number of nitrogens with zero attached hydrogens (tertiary/aromatic N) is 1. The Balaban J connectivity index is 1.90. The molecule has 0 bridgehead atoms. The highest BCUT2D eigenvalue weighted by atomic mass is 35.5. The fourth-order valence-corrected chi connectivity index (χ4v) is 2.97. The summed E-state index contributed by atoms with van der Waals surface area (Å²) in [5, 5.41) is 10.4. The van der Waals surface area contributed by atoms with Gasteiger partial charge in [-0.05, 0) is 58.0 Å². The van der Waals surface area contributed by atoms with E-state index in [0.29, 0.717) is 17.7 Å². The molecule has 0 saturated carbocycles. The van der Waals surface area contributed by atoms with Crippen LogP contribution in [0.5, 0.6) is 5.75 Å². The van der Waals surface area contributed by atoms with Gasteiger partial charge in [0, 0.05) is 16.6 Å². The summed E-state index contributed by atoms with van der Waals surface area (Å²) in [6.07, 6.45) is 4.33. The van der Waals surface area contributed by atoms with Gasteiger partial charge < -0.3 is 14.7 Å². The zero-order valence-electron chi connectivity index (χ0n) is 12.3. The highest BCUT2D eigenvalue weighted by Gasteiger charge is 2.19. The Morgan fingerprint density at radius 3 is 2.95 bits per heavy atom. The second-order valence-corrected chi connectivity index (χ2v) is 6.06. The van der Waals surface area contributed by atoms with Crippen molar-refractivity contribution < 1.29 is 9.84 Å². The van der Waals surface area contributed by atoms with Gasteiger partial charge in [0.25, 0.3) is 0 Å². The van der Waals surface area contributed by atoms with Gasteiger partial charge in [0.1, 0.15) is 5.75 Å². The van der Waals surface area contributed by atoms with E-state index in [2.05, 4.69) is 11.9 Å². The zero-order chi connectivity index (χ0) is 14.5. The van der Waals surface area contributed by atoms with Gasteiger partial charge in [-0.2, -0.15) is 0 Å². The normalized spacial score (nSPS) is 21.7. The number of piperidine rings is 1. The third-order valence-electron chi connectivity index (χ3n) is 4.05. The summed E-state index contributed by atoms with van der Waals surface area (Å²) < 4.78 is 5.86. The summed E-state index contributed by atoms with van der Waals surface area (Å²) in [4.78, 5) is 2.42. The van der Waals surface area contributed by atoms with Gasteiger partial charge in [-0.1, -0.05) is 18.0 Å². The smallest absolute Gasteiger partial charge is 0.125 e. The first kappa shape index (κ1) is 15.6. The number of hydrogen-bond donors (Lipinski definition) is 1. The van der Waals surface area contributed by atoms with Crippen LogP contribution in [0.3, 0.4) is 0 Å². The standard InChI is InChI=1S/C16H24ClNO2/c1-12(19)15-11-13(17)6-7-16(15)20-10-8-14-5-3-4-9-18(14)2/h6-7,11-12,14,19H,3-5,8-10H2,1-2H3/t12-,14?/m1/s1. The summed E-state index contributed by atoms with van der Waals surface area (Å²) in [6, 6.07) is 6.03.